The van der Waals surface area contributed by atoms with Gasteiger partial charge in [-0.3, -0.25) is 4.79 Å². The van der Waals surface area contributed by atoms with Gasteiger partial charge in [0.2, 0.25) is 5.91 Å². The van der Waals surface area contributed by atoms with Crippen molar-refractivity contribution in [3.8, 4) is 0 Å². The SMILES string of the molecule is O=C(CCc1ccccc1C(=O)O)NC1CC2CCC1C2. The lowest BCUT2D eigenvalue weighted by atomic mass is 9.95. The first-order valence-electron chi connectivity index (χ1n) is 7.74. The van der Waals surface area contributed by atoms with Gasteiger partial charge in [-0.1, -0.05) is 24.6 Å². The predicted molar refractivity (Wildman–Crippen MR) is 79.1 cm³/mol. The smallest absolute Gasteiger partial charge is 0.335 e. The minimum Gasteiger partial charge on any atom is -0.478 e. The van der Waals surface area contributed by atoms with Gasteiger partial charge >= 0.3 is 5.97 Å². The van der Waals surface area contributed by atoms with E-state index in [1.54, 1.807) is 18.2 Å². The summed E-state index contributed by atoms with van der Waals surface area (Å²) in [7, 11) is 0. The maximum absolute atomic E-state index is 12.1. The molecule has 0 aliphatic heterocycles. The number of carboxylic acids is 1. The molecule has 112 valence electrons. The summed E-state index contributed by atoms with van der Waals surface area (Å²) >= 11 is 0. The van der Waals surface area contributed by atoms with Crippen molar-refractivity contribution in [3.05, 3.63) is 35.4 Å². The molecule has 1 amide bonds. The minimum absolute atomic E-state index is 0.0488. The number of nitrogens with one attached hydrogen (secondary N) is 1. The highest BCUT2D eigenvalue weighted by molar-refractivity contribution is 5.89. The first-order valence-corrected chi connectivity index (χ1v) is 7.74. The molecule has 2 aliphatic rings. The van der Waals surface area contributed by atoms with Gasteiger partial charge in [0, 0.05) is 12.5 Å². The van der Waals surface area contributed by atoms with Crippen LogP contribution in [-0.2, 0) is 11.2 Å². The number of hydrogen-bond donors (Lipinski definition) is 2. The number of hydrogen-bond acceptors (Lipinski definition) is 2. The van der Waals surface area contributed by atoms with Crippen LogP contribution in [0.25, 0.3) is 0 Å². The number of aromatic carboxylic acids is 1. The van der Waals surface area contributed by atoms with Gasteiger partial charge in [0.15, 0.2) is 0 Å². The Hall–Kier alpha value is -1.84. The third-order valence-corrected chi connectivity index (χ3v) is 4.95. The van der Waals surface area contributed by atoms with E-state index in [2.05, 4.69) is 5.32 Å². The first kappa shape index (κ1) is 14.1. The number of amides is 1. The van der Waals surface area contributed by atoms with E-state index in [0.717, 1.165) is 17.9 Å². The van der Waals surface area contributed by atoms with Gasteiger partial charge in [0.05, 0.1) is 5.56 Å². The summed E-state index contributed by atoms with van der Waals surface area (Å²) in [6.45, 7) is 0. The van der Waals surface area contributed by atoms with Crippen molar-refractivity contribution >= 4 is 11.9 Å². The quantitative estimate of drug-likeness (QED) is 0.875. The summed E-state index contributed by atoms with van der Waals surface area (Å²) < 4.78 is 0. The molecule has 21 heavy (non-hydrogen) atoms. The molecule has 2 N–H and O–H groups in total. The highest BCUT2D eigenvalue weighted by atomic mass is 16.4. The van der Waals surface area contributed by atoms with Crippen LogP contribution in [0.3, 0.4) is 0 Å². The molecule has 1 aromatic rings. The van der Waals surface area contributed by atoms with Crippen molar-refractivity contribution in [2.24, 2.45) is 11.8 Å². The summed E-state index contributed by atoms with van der Waals surface area (Å²) in [6, 6.07) is 7.25. The second-order valence-corrected chi connectivity index (χ2v) is 6.31. The number of carbonyl (C=O) groups excluding carboxylic acids is 1. The minimum atomic E-state index is -0.931. The van der Waals surface area contributed by atoms with Gasteiger partial charge in [0.25, 0.3) is 0 Å². The highest BCUT2D eigenvalue weighted by Crippen LogP contribution is 2.44. The molecular formula is C17H21NO3. The number of fused-ring (bicyclic) bond motifs is 2. The summed E-state index contributed by atoms with van der Waals surface area (Å²) in [4.78, 5) is 23.2. The Bertz CT molecular complexity index is 555. The molecule has 1 aromatic carbocycles. The molecule has 0 spiro atoms. The third kappa shape index (κ3) is 3.09. The van der Waals surface area contributed by atoms with Crippen molar-refractivity contribution in [1.29, 1.82) is 0 Å². The van der Waals surface area contributed by atoms with E-state index in [1.165, 1.54) is 19.3 Å². The van der Waals surface area contributed by atoms with Crippen LogP contribution in [0.4, 0.5) is 0 Å². The molecule has 0 aromatic heterocycles. The lowest BCUT2D eigenvalue weighted by Crippen LogP contribution is -2.38. The summed E-state index contributed by atoms with van der Waals surface area (Å²) in [5.41, 5.74) is 1.03. The number of rotatable bonds is 5. The number of aryl methyl sites for hydroxylation is 1. The van der Waals surface area contributed by atoms with E-state index in [1.807, 2.05) is 6.07 Å². The fourth-order valence-corrected chi connectivity index (χ4v) is 3.90. The zero-order valence-electron chi connectivity index (χ0n) is 12.0. The second-order valence-electron chi connectivity index (χ2n) is 6.31. The Balaban J connectivity index is 1.53. The lowest BCUT2D eigenvalue weighted by molar-refractivity contribution is -0.122. The Morgan fingerprint density at radius 3 is 2.67 bits per heavy atom. The van der Waals surface area contributed by atoms with E-state index in [4.69, 9.17) is 5.11 Å². The Kier molecular flexibility index (Phi) is 3.95. The van der Waals surface area contributed by atoms with E-state index in [9.17, 15) is 9.59 Å². The van der Waals surface area contributed by atoms with Gasteiger partial charge in [-0.2, -0.15) is 0 Å². The fraction of sp³-hybridized carbons (Fsp3) is 0.529. The van der Waals surface area contributed by atoms with Crippen LogP contribution >= 0.6 is 0 Å². The van der Waals surface area contributed by atoms with E-state index < -0.39 is 5.97 Å². The highest BCUT2D eigenvalue weighted by Gasteiger charge is 2.39. The molecular weight excluding hydrogens is 266 g/mol. The predicted octanol–water partition coefficient (Wildman–Crippen LogP) is 2.62. The monoisotopic (exact) mass is 287 g/mol. The zero-order valence-corrected chi connectivity index (χ0v) is 12.0. The molecule has 2 bridgehead atoms. The van der Waals surface area contributed by atoms with Gasteiger partial charge in [-0.25, -0.2) is 4.79 Å². The molecule has 3 atom stereocenters. The number of carboxylic acid groups (broad SMARTS) is 1. The van der Waals surface area contributed by atoms with Crippen LogP contribution in [-0.4, -0.2) is 23.0 Å². The Labute approximate surface area is 124 Å². The summed E-state index contributed by atoms with van der Waals surface area (Å²) in [6.07, 6.45) is 5.81. The summed E-state index contributed by atoms with van der Waals surface area (Å²) in [5, 5.41) is 12.3. The summed E-state index contributed by atoms with van der Waals surface area (Å²) in [5.74, 6) is 0.602. The fourth-order valence-electron chi connectivity index (χ4n) is 3.90. The largest absolute Gasteiger partial charge is 0.478 e. The topological polar surface area (TPSA) is 66.4 Å². The molecule has 2 saturated carbocycles. The van der Waals surface area contributed by atoms with Gasteiger partial charge in [-0.15, -0.1) is 0 Å². The van der Waals surface area contributed by atoms with Crippen LogP contribution in [0, 0.1) is 11.8 Å². The second kappa shape index (κ2) is 5.88. The molecule has 0 radical (unpaired) electrons. The third-order valence-electron chi connectivity index (χ3n) is 4.95. The maximum Gasteiger partial charge on any atom is 0.335 e. The van der Waals surface area contributed by atoms with Crippen molar-refractivity contribution in [2.75, 3.05) is 0 Å². The van der Waals surface area contributed by atoms with Gasteiger partial charge in [-0.05, 0) is 49.1 Å². The Morgan fingerprint density at radius 1 is 1.19 bits per heavy atom. The molecule has 4 heteroatoms. The average molecular weight is 287 g/mol. The molecule has 0 saturated heterocycles. The van der Waals surface area contributed by atoms with Gasteiger partial charge in [0.1, 0.15) is 0 Å². The Morgan fingerprint density at radius 2 is 2.00 bits per heavy atom. The van der Waals surface area contributed by atoms with Crippen molar-refractivity contribution in [3.63, 3.8) is 0 Å². The van der Waals surface area contributed by atoms with Crippen LogP contribution in [0.2, 0.25) is 0 Å². The lowest BCUT2D eigenvalue weighted by Gasteiger charge is -2.22. The average Bonchev–Trinajstić information content (AvgIpc) is 3.08. The first-order chi connectivity index (χ1) is 10.1. The van der Waals surface area contributed by atoms with Crippen LogP contribution in [0.1, 0.15) is 48.0 Å². The molecule has 0 heterocycles. The number of carbonyl (C=O) groups is 2. The zero-order chi connectivity index (χ0) is 14.8. The van der Waals surface area contributed by atoms with Crippen LogP contribution < -0.4 is 5.32 Å². The van der Waals surface area contributed by atoms with E-state index in [0.29, 0.717) is 30.4 Å². The van der Waals surface area contributed by atoms with Crippen molar-refractivity contribution < 1.29 is 14.7 Å². The maximum atomic E-state index is 12.1. The van der Waals surface area contributed by atoms with E-state index >= 15 is 0 Å². The molecule has 3 unspecified atom stereocenters. The van der Waals surface area contributed by atoms with Crippen molar-refractivity contribution in [1.82, 2.24) is 5.32 Å². The number of benzene rings is 1. The molecule has 2 fully saturated rings. The molecule has 3 rings (SSSR count). The normalized spacial score (nSPS) is 26.8. The van der Waals surface area contributed by atoms with Gasteiger partial charge < -0.3 is 10.4 Å². The van der Waals surface area contributed by atoms with Crippen LogP contribution in [0.15, 0.2) is 24.3 Å². The molecule has 4 nitrogen and oxygen atoms in total. The molecule has 2 aliphatic carbocycles. The van der Waals surface area contributed by atoms with Crippen molar-refractivity contribution in [2.45, 2.75) is 44.6 Å². The standard InChI is InChI=1S/C17H21NO3/c19-16(18-15-10-11-5-6-13(15)9-11)8-7-12-3-1-2-4-14(12)17(20)21/h1-4,11,13,15H,5-10H2,(H,18,19)(H,20,21). The van der Waals surface area contributed by atoms with E-state index in [-0.39, 0.29) is 5.91 Å². The van der Waals surface area contributed by atoms with Crippen LogP contribution in [0.5, 0.6) is 0 Å².